The highest BCUT2D eigenvalue weighted by Crippen LogP contribution is 2.27. The predicted molar refractivity (Wildman–Crippen MR) is 61.1 cm³/mol. The van der Waals surface area contributed by atoms with Crippen LogP contribution in [0.25, 0.3) is 0 Å². The third kappa shape index (κ3) is 1.87. The number of benzene rings is 1. The first-order valence-corrected chi connectivity index (χ1v) is 5.25. The van der Waals surface area contributed by atoms with E-state index in [0.29, 0.717) is 29.2 Å². The maximum Gasteiger partial charge on any atom is 0.228 e. The molecule has 16 heavy (non-hydrogen) atoms. The molecule has 0 radical (unpaired) electrons. The van der Waals surface area contributed by atoms with Crippen LogP contribution in [-0.2, 0) is 4.79 Å². The molecule has 1 aliphatic heterocycles. The number of rotatable bonds is 1. The van der Waals surface area contributed by atoms with Crippen molar-refractivity contribution in [2.45, 2.75) is 12.5 Å². The zero-order valence-electron chi connectivity index (χ0n) is 8.48. The normalized spacial score (nSPS) is 19.9. The fourth-order valence-electron chi connectivity index (χ4n) is 1.80. The fraction of sp³-hybridized carbons (Fsp3) is 0.273. The number of amides is 1. The van der Waals surface area contributed by atoms with E-state index in [1.54, 1.807) is 23.1 Å². The van der Waals surface area contributed by atoms with Crippen molar-refractivity contribution in [1.29, 1.82) is 5.26 Å². The van der Waals surface area contributed by atoms with Gasteiger partial charge in [0.2, 0.25) is 5.91 Å². The minimum absolute atomic E-state index is 0.0497. The molecule has 1 unspecified atom stereocenters. The summed E-state index contributed by atoms with van der Waals surface area (Å²) in [7, 11) is 0. The second-order valence-electron chi connectivity index (χ2n) is 3.74. The lowest BCUT2D eigenvalue weighted by Gasteiger charge is -2.17. The van der Waals surface area contributed by atoms with Gasteiger partial charge in [-0.2, -0.15) is 5.26 Å². The maximum absolute atomic E-state index is 11.6. The standard InChI is InChI=1S/C11H10ClN3O/c12-8-1-2-10(7(3-8)5-13)15-6-9(14)4-11(15)16/h1-3,9H,4,6,14H2. The van der Waals surface area contributed by atoms with Crippen LogP contribution in [0.4, 0.5) is 5.69 Å². The van der Waals surface area contributed by atoms with Crippen LogP contribution in [0.5, 0.6) is 0 Å². The number of nitrogens with two attached hydrogens (primary N) is 1. The van der Waals surface area contributed by atoms with E-state index >= 15 is 0 Å². The Morgan fingerprint density at radius 3 is 2.88 bits per heavy atom. The molecule has 2 N–H and O–H groups in total. The van der Waals surface area contributed by atoms with Crippen molar-refractivity contribution in [3.8, 4) is 6.07 Å². The first-order valence-electron chi connectivity index (χ1n) is 4.87. The lowest BCUT2D eigenvalue weighted by molar-refractivity contribution is -0.117. The van der Waals surface area contributed by atoms with E-state index in [4.69, 9.17) is 22.6 Å². The molecular weight excluding hydrogens is 226 g/mol. The smallest absolute Gasteiger partial charge is 0.228 e. The molecule has 1 aromatic rings. The number of carbonyl (C=O) groups is 1. The number of hydrogen-bond acceptors (Lipinski definition) is 3. The second-order valence-corrected chi connectivity index (χ2v) is 4.18. The van der Waals surface area contributed by atoms with Crippen LogP contribution in [0.3, 0.4) is 0 Å². The zero-order chi connectivity index (χ0) is 11.7. The molecule has 1 fully saturated rings. The molecule has 1 aliphatic rings. The Bertz CT molecular complexity index is 481. The average molecular weight is 236 g/mol. The topological polar surface area (TPSA) is 70.1 Å². The van der Waals surface area contributed by atoms with Crippen molar-refractivity contribution in [3.05, 3.63) is 28.8 Å². The molecule has 0 saturated carbocycles. The van der Waals surface area contributed by atoms with E-state index < -0.39 is 0 Å². The maximum atomic E-state index is 11.6. The van der Waals surface area contributed by atoms with Gasteiger partial charge in [-0.3, -0.25) is 4.79 Å². The van der Waals surface area contributed by atoms with Crippen molar-refractivity contribution < 1.29 is 4.79 Å². The molecule has 1 heterocycles. The quantitative estimate of drug-likeness (QED) is 0.797. The molecule has 0 aliphatic carbocycles. The first kappa shape index (κ1) is 10.9. The van der Waals surface area contributed by atoms with Crippen LogP contribution in [0.15, 0.2) is 18.2 Å². The van der Waals surface area contributed by atoms with E-state index in [-0.39, 0.29) is 11.9 Å². The zero-order valence-corrected chi connectivity index (χ0v) is 9.24. The van der Waals surface area contributed by atoms with Gasteiger partial charge in [0, 0.05) is 24.0 Å². The number of nitriles is 1. The van der Waals surface area contributed by atoms with Crippen LogP contribution >= 0.6 is 11.6 Å². The minimum Gasteiger partial charge on any atom is -0.326 e. The highest BCUT2D eigenvalue weighted by Gasteiger charge is 2.29. The number of nitrogens with zero attached hydrogens (tertiary/aromatic N) is 2. The van der Waals surface area contributed by atoms with Gasteiger partial charge in [-0.15, -0.1) is 0 Å². The highest BCUT2D eigenvalue weighted by atomic mass is 35.5. The van der Waals surface area contributed by atoms with E-state index in [1.807, 2.05) is 6.07 Å². The summed E-state index contributed by atoms with van der Waals surface area (Å²) in [5, 5.41) is 9.46. The molecule has 1 aromatic carbocycles. The molecular formula is C11H10ClN3O. The molecule has 0 bridgehead atoms. The third-order valence-electron chi connectivity index (χ3n) is 2.52. The van der Waals surface area contributed by atoms with Gasteiger partial charge in [-0.1, -0.05) is 11.6 Å². The molecule has 82 valence electrons. The molecule has 1 amide bonds. The van der Waals surface area contributed by atoms with Crippen LogP contribution < -0.4 is 10.6 Å². The number of anilines is 1. The summed E-state index contributed by atoms with van der Waals surface area (Å²) in [5.41, 5.74) is 6.69. The molecule has 2 rings (SSSR count). The molecule has 5 heteroatoms. The summed E-state index contributed by atoms with van der Waals surface area (Å²) in [5.74, 6) is -0.0497. The number of halogens is 1. The lowest BCUT2D eigenvalue weighted by atomic mass is 10.2. The second kappa shape index (κ2) is 4.12. The summed E-state index contributed by atoms with van der Waals surface area (Å²) in [4.78, 5) is 13.2. The minimum atomic E-state index is -0.158. The van der Waals surface area contributed by atoms with Gasteiger partial charge in [0.25, 0.3) is 0 Å². The molecule has 1 saturated heterocycles. The monoisotopic (exact) mass is 235 g/mol. The van der Waals surface area contributed by atoms with Crippen molar-refractivity contribution >= 4 is 23.2 Å². The summed E-state index contributed by atoms with van der Waals surface area (Å²) < 4.78 is 0. The van der Waals surface area contributed by atoms with Crippen molar-refractivity contribution in [3.63, 3.8) is 0 Å². The Kier molecular flexibility index (Phi) is 2.82. The Labute approximate surface area is 98.2 Å². The molecule has 4 nitrogen and oxygen atoms in total. The number of hydrogen-bond donors (Lipinski definition) is 1. The van der Waals surface area contributed by atoms with E-state index in [9.17, 15) is 4.79 Å². The average Bonchev–Trinajstić information content (AvgIpc) is 2.57. The van der Waals surface area contributed by atoms with Gasteiger partial charge in [0.05, 0.1) is 11.3 Å². The van der Waals surface area contributed by atoms with Crippen LogP contribution in [0.1, 0.15) is 12.0 Å². The van der Waals surface area contributed by atoms with Gasteiger partial charge in [0.1, 0.15) is 6.07 Å². The van der Waals surface area contributed by atoms with E-state index in [1.165, 1.54) is 0 Å². The summed E-state index contributed by atoms with van der Waals surface area (Å²) in [6, 6.07) is 6.76. The fourth-order valence-corrected chi connectivity index (χ4v) is 1.97. The van der Waals surface area contributed by atoms with Crippen molar-refractivity contribution in [2.75, 3.05) is 11.4 Å². The van der Waals surface area contributed by atoms with E-state index in [0.717, 1.165) is 0 Å². The Morgan fingerprint density at radius 2 is 2.31 bits per heavy atom. The molecule has 1 atom stereocenters. The largest absolute Gasteiger partial charge is 0.326 e. The van der Waals surface area contributed by atoms with Crippen LogP contribution in [0.2, 0.25) is 5.02 Å². The van der Waals surface area contributed by atoms with Crippen LogP contribution in [0, 0.1) is 11.3 Å². The third-order valence-corrected chi connectivity index (χ3v) is 2.76. The Morgan fingerprint density at radius 1 is 1.56 bits per heavy atom. The SMILES string of the molecule is N#Cc1cc(Cl)ccc1N1CC(N)CC1=O. The first-order chi connectivity index (χ1) is 7.61. The lowest BCUT2D eigenvalue weighted by Crippen LogP contribution is -2.28. The predicted octanol–water partition coefficient (Wildman–Crippen LogP) is 1.28. The van der Waals surface area contributed by atoms with E-state index in [2.05, 4.69) is 0 Å². The summed E-state index contributed by atoms with van der Waals surface area (Å²) >= 11 is 5.79. The highest BCUT2D eigenvalue weighted by molar-refractivity contribution is 6.30. The summed E-state index contributed by atoms with van der Waals surface area (Å²) in [6.07, 6.45) is 0.327. The van der Waals surface area contributed by atoms with Gasteiger partial charge < -0.3 is 10.6 Å². The molecule has 0 spiro atoms. The van der Waals surface area contributed by atoms with Gasteiger partial charge in [-0.25, -0.2) is 0 Å². The van der Waals surface area contributed by atoms with Crippen molar-refractivity contribution in [1.82, 2.24) is 0 Å². The van der Waals surface area contributed by atoms with Crippen molar-refractivity contribution in [2.24, 2.45) is 5.73 Å². The summed E-state index contributed by atoms with van der Waals surface area (Å²) in [6.45, 7) is 0.454. The Balaban J connectivity index is 2.41. The van der Waals surface area contributed by atoms with Gasteiger partial charge >= 0.3 is 0 Å². The Hall–Kier alpha value is -1.57. The van der Waals surface area contributed by atoms with Gasteiger partial charge in [0.15, 0.2) is 0 Å². The van der Waals surface area contributed by atoms with Gasteiger partial charge in [-0.05, 0) is 18.2 Å². The van der Waals surface area contributed by atoms with Crippen LogP contribution in [-0.4, -0.2) is 18.5 Å². The number of carbonyl (C=O) groups excluding carboxylic acids is 1. The molecule has 0 aromatic heterocycles.